The smallest absolute Gasteiger partial charge is 0.347 e. The molecule has 0 saturated carbocycles. The number of benzene rings is 1. The van der Waals surface area contributed by atoms with Crippen molar-refractivity contribution in [2.24, 2.45) is 5.73 Å². The normalized spacial score (nSPS) is 14.7. The first-order chi connectivity index (χ1) is 10.8. The van der Waals surface area contributed by atoms with Crippen molar-refractivity contribution in [3.05, 3.63) is 45.2 Å². The number of carbonyl (C=O) groups excluding carboxylic acids is 1. The summed E-state index contributed by atoms with van der Waals surface area (Å²) in [5, 5.41) is 0.981. The Morgan fingerprint density at radius 2 is 2.04 bits per heavy atom. The largest absolute Gasteiger partial charge is 0.456 e. The standard InChI is InChI=1S/C16H17N3O3S/c1-16(2,3)22-14(21)12-10(17)8-19-13(20)9-6-4-5-7-11(9)18-15(19)23-12/h4-7H,8,17H2,1-3H3. The fourth-order valence-corrected chi connectivity index (χ4v) is 3.17. The highest BCUT2D eigenvalue weighted by Crippen LogP contribution is 2.33. The van der Waals surface area contributed by atoms with E-state index in [1.165, 1.54) is 4.57 Å². The minimum Gasteiger partial charge on any atom is -0.456 e. The minimum absolute atomic E-state index is 0.133. The number of ether oxygens (including phenoxy) is 1. The molecule has 0 bridgehead atoms. The van der Waals surface area contributed by atoms with Gasteiger partial charge in [-0.25, -0.2) is 9.78 Å². The molecule has 0 atom stereocenters. The Morgan fingerprint density at radius 1 is 1.35 bits per heavy atom. The number of nitrogens with two attached hydrogens (primary N) is 1. The molecule has 0 aliphatic carbocycles. The molecule has 23 heavy (non-hydrogen) atoms. The first-order valence-electron chi connectivity index (χ1n) is 7.15. The highest BCUT2D eigenvalue weighted by molar-refractivity contribution is 8.03. The molecule has 0 amide bonds. The van der Waals surface area contributed by atoms with Crippen molar-refractivity contribution in [2.75, 3.05) is 0 Å². The van der Waals surface area contributed by atoms with E-state index in [1.807, 2.05) is 6.07 Å². The summed E-state index contributed by atoms with van der Waals surface area (Å²) in [6.45, 7) is 5.51. The van der Waals surface area contributed by atoms with E-state index in [9.17, 15) is 9.59 Å². The number of fused-ring (bicyclic) bond motifs is 2. The number of para-hydroxylation sites is 1. The zero-order valence-electron chi connectivity index (χ0n) is 13.1. The van der Waals surface area contributed by atoms with E-state index in [2.05, 4.69) is 4.98 Å². The molecule has 1 aliphatic heterocycles. The second kappa shape index (κ2) is 5.42. The molecule has 3 rings (SSSR count). The number of thioether (sulfide) groups is 1. The van der Waals surface area contributed by atoms with Crippen molar-refractivity contribution in [1.82, 2.24) is 9.55 Å². The predicted octanol–water partition coefficient (Wildman–Crippen LogP) is 2.01. The van der Waals surface area contributed by atoms with Gasteiger partial charge in [-0.1, -0.05) is 12.1 Å². The molecular weight excluding hydrogens is 314 g/mol. The molecule has 2 aromatic rings. The van der Waals surface area contributed by atoms with Gasteiger partial charge in [-0.3, -0.25) is 9.36 Å². The Hall–Kier alpha value is -2.28. The predicted molar refractivity (Wildman–Crippen MR) is 88.9 cm³/mol. The average molecular weight is 331 g/mol. The van der Waals surface area contributed by atoms with E-state index in [0.29, 0.717) is 26.7 Å². The highest BCUT2D eigenvalue weighted by Gasteiger charge is 2.28. The van der Waals surface area contributed by atoms with Crippen molar-refractivity contribution in [3.8, 4) is 0 Å². The molecule has 1 aliphatic rings. The van der Waals surface area contributed by atoms with Crippen molar-refractivity contribution < 1.29 is 9.53 Å². The van der Waals surface area contributed by atoms with Crippen molar-refractivity contribution in [2.45, 2.75) is 38.1 Å². The molecule has 0 radical (unpaired) electrons. The maximum Gasteiger partial charge on any atom is 0.347 e. The minimum atomic E-state index is -0.612. The number of allylic oxidation sites excluding steroid dienone is 1. The number of hydrogen-bond acceptors (Lipinski definition) is 6. The van der Waals surface area contributed by atoms with Crippen LogP contribution in [0.25, 0.3) is 10.9 Å². The number of rotatable bonds is 1. The fourth-order valence-electron chi connectivity index (χ4n) is 2.26. The lowest BCUT2D eigenvalue weighted by molar-refractivity contribution is -0.149. The van der Waals surface area contributed by atoms with Gasteiger partial charge in [-0.05, 0) is 44.7 Å². The van der Waals surface area contributed by atoms with Crippen LogP contribution >= 0.6 is 11.8 Å². The molecule has 120 valence electrons. The highest BCUT2D eigenvalue weighted by atomic mass is 32.2. The van der Waals surface area contributed by atoms with Crippen LogP contribution in [0, 0.1) is 0 Å². The zero-order valence-corrected chi connectivity index (χ0v) is 13.9. The third-order valence-corrected chi connectivity index (χ3v) is 4.35. The summed E-state index contributed by atoms with van der Waals surface area (Å²) in [6.07, 6.45) is 0. The molecular formula is C16H17N3O3S. The lowest BCUT2D eigenvalue weighted by Crippen LogP contribution is -2.32. The lowest BCUT2D eigenvalue weighted by atomic mass is 10.2. The van der Waals surface area contributed by atoms with Crippen LogP contribution in [0.1, 0.15) is 20.8 Å². The first-order valence-corrected chi connectivity index (χ1v) is 7.97. The van der Waals surface area contributed by atoms with Crippen molar-refractivity contribution in [3.63, 3.8) is 0 Å². The summed E-state index contributed by atoms with van der Waals surface area (Å²) in [7, 11) is 0. The Labute approximate surface area is 137 Å². The Morgan fingerprint density at radius 3 is 2.74 bits per heavy atom. The molecule has 0 unspecified atom stereocenters. The molecule has 0 fully saturated rings. The van der Waals surface area contributed by atoms with E-state index in [4.69, 9.17) is 10.5 Å². The molecule has 0 spiro atoms. The molecule has 2 heterocycles. The van der Waals surface area contributed by atoms with Crippen LogP contribution in [0.2, 0.25) is 0 Å². The first kappa shape index (κ1) is 15.6. The second-order valence-corrected chi connectivity index (χ2v) is 7.24. The van der Waals surface area contributed by atoms with E-state index in [-0.39, 0.29) is 12.1 Å². The fraction of sp³-hybridized carbons (Fsp3) is 0.312. The van der Waals surface area contributed by atoms with Gasteiger partial charge >= 0.3 is 5.97 Å². The summed E-state index contributed by atoms with van der Waals surface area (Å²) < 4.78 is 6.85. The number of hydrogen-bond donors (Lipinski definition) is 1. The van der Waals surface area contributed by atoms with Crippen molar-refractivity contribution in [1.29, 1.82) is 0 Å². The quantitative estimate of drug-likeness (QED) is 0.635. The van der Waals surface area contributed by atoms with Gasteiger partial charge in [0.25, 0.3) is 5.56 Å². The van der Waals surface area contributed by atoms with Gasteiger partial charge < -0.3 is 10.5 Å². The van der Waals surface area contributed by atoms with Crippen LogP contribution in [-0.4, -0.2) is 21.1 Å². The van der Waals surface area contributed by atoms with Crippen LogP contribution in [-0.2, 0) is 16.1 Å². The van der Waals surface area contributed by atoms with Gasteiger partial charge in [-0.2, -0.15) is 0 Å². The summed E-state index contributed by atoms with van der Waals surface area (Å²) in [6, 6.07) is 7.11. The van der Waals surface area contributed by atoms with Crippen LogP contribution in [0.15, 0.2) is 44.8 Å². The van der Waals surface area contributed by atoms with Crippen LogP contribution in [0.3, 0.4) is 0 Å². The SMILES string of the molecule is CC(C)(C)OC(=O)C1=C(N)Cn2c(nc3ccccc3c2=O)S1. The molecule has 7 heteroatoms. The lowest BCUT2D eigenvalue weighted by Gasteiger charge is -2.24. The van der Waals surface area contributed by atoms with Crippen LogP contribution in [0.5, 0.6) is 0 Å². The van der Waals surface area contributed by atoms with Crippen molar-refractivity contribution >= 4 is 28.6 Å². The van der Waals surface area contributed by atoms with Crippen LogP contribution < -0.4 is 11.3 Å². The second-order valence-electron chi connectivity index (χ2n) is 6.26. The van der Waals surface area contributed by atoms with Gasteiger partial charge in [-0.15, -0.1) is 0 Å². The molecule has 0 saturated heterocycles. The van der Waals surface area contributed by atoms with Gasteiger partial charge in [0, 0.05) is 0 Å². The van der Waals surface area contributed by atoms with Gasteiger partial charge in [0.1, 0.15) is 10.5 Å². The summed E-state index contributed by atoms with van der Waals surface area (Å²) >= 11 is 1.07. The summed E-state index contributed by atoms with van der Waals surface area (Å²) in [5.74, 6) is -0.492. The topological polar surface area (TPSA) is 87.2 Å². The maximum atomic E-state index is 12.5. The van der Waals surface area contributed by atoms with E-state index in [1.54, 1.807) is 39.0 Å². The Balaban J connectivity index is 2.04. The molecule has 2 N–H and O–H groups in total. The Kier molecular flexibility index (Phi) is 3.68. The van der Waals surface area contributed by atoms with Crippen LogP contribution in [0.4, 0.5) is 0 Å². The number of esters is 1. The number of carbonyl (C=O) groups is 1. The average Bonchev–Trinajstić information content (AvgIpc) is 2.46. The third-order valence-electron chi connectivity index (χ3n) is 3.22. The van der Waals surface area contributed by atoms with Gasteiger partial charge in [0.15, 0.2) is 5.16 Å². The maximum absolute atomic E-state index is 12.5. The van der Waals surface area contributed by atoms with Gasteiger partial charge in [0.05, 0.1) is 23.1 Å². The monoisotopic (exact) mass is 331 g/mol. The van der Waals surface area contributed by atoms with E-state index in [0.717, 1.165) is 11.8 Å². The number of aromatic nitrogens is 2. The molecule has 6 nitrogen and oxygen atoms in total. The zero-order chi connectivity index (χ0) is 16.8. The summed E-state index contributed by atoms with van der Waals surface area (Å²) in [4.78, 5) is 29.6. The third kappa shape index (κ3) is 2.96. The summed E-state index contributed by atoms with van der Waals surface area (Å²) in [5.41, 5.74) is 6.14. The van der Waals surface area contributed by atoms with E-state index >= 15 is 0 Å². The number of nitrogens with zero attached hydrogens (tertiary/aromatic N) is 2. The Bertz CT molecular complexity index is 894. The molecule has 1 aromatic carbocycles. The molecule has 1 aromatic heterocycles. The van der Waals surface area contributed by atoms with E-state index < -0.39 is 11.6 Å². The van der Waals surface area contributed by atoms with Gasteiger partial charge in [0.2, 0.25) is 0 Å².